The molecule has 1 N–H and O–H groups in total. The van der Waals surface area contributed by atoms with Crippen LogP contribution in [0.5, 0.6) is 0 Å². The van der Waals surface area contributed by atoms with Crippen LogP contribution in [-0.2, 0) is 4.79 Å². The van der Waals surface area contributed by atoms with Gasteiger partial charge in [-0.05, 0) is 42.1 Å². The maximum atomic E-state index is 12.1. The maximum Gasteiger partial charge on any atom is 0.271 e. The summed E-state index contributed by atoms with van der Waals surface area (Å²) in [6.07, 6.45) is 3.10. The van der Waals surface area contributed by atoms with Crippen molar-refractivity contribution in [3.8, 4) is 0 Å². The Morgan fingerprint density at radius 1 is 1.10 bits per heavy atom. The number of thiocarbonyl (C=S) groups is 1. The van der Waals surface area contributed by atoms with E-state index >= 15 is 0 Å². The Bertz CT molecular complexity index is 990. The zero-order chi connectivity index (χ0) is 21.7. The fourth-order valence-corrected chi connectivity index (χ4v) is 3.69. The molecule has 3 rings (SSSR count). The summed E-state index contributed by atoms with van der Waals surface area (Å²) >= 11 is 17.4. The number of hydrogen-bond acceptors (Lipinski definition) is 5. The summed E-state index contributed by atoms with van der Waals surface area (Å²) in [6.45, 7) is 2.42. The second-order valence-electron chi connectivity index (χ2n) is 6.55. The number of nitro benzene ring substituents is 1. The minimum Gasteiger partial charge on any atom is -0.367 e. The van der Waals surface area contributed by atoms with Crippen LogP contribution in [0.1, 0.15) is 5.56 Å². The Kier molecular flexibility index (Phi) is 7.25. The molecule has 7 nitrogen and oxygen atoms in total. The topological polar surface area (TPSA) is 78.7 Å². The van der Waals surface area contributed by atoms with Crippen molar-refractivity contribution in [3.05, 3.63) is 74.3 Å². The molecule has 1 aliphatic rings. The highest BCUT2D eigenvalue weighted by molar-refractivity contribution is 7.80. The van der Waals surface area contributed by atoms with Gasteiger partial charge in [-0.3, -0.25) is 20.2 Å². The number of carbonyl (C=O) groups is 1. The van der Waals surface area contributed by atoms with Crippen molar-refractivity contribution >= 4 is 63.9 Å². The maximum absolute atomic E-state index is 12.1. The van der Waals surface area contributed by atoms with Crippen LogP contribution in [0.2, 0.25) is 10.0 Å². The summed E-state index contributed by atoms with van der Waals surface area (Å²) in [5, 5.41) is 14.9. The molecule has 0 unspecified atom stereocenters. The summed E-state index contributed by atoms with van der Waals surface area (Å²) in [6, 6.07) is 11.6. The zero-order valence-corrected chi connectivity index (χ0v) is 18.1. The van der Waals surface area contributed by atoms with Gasteiger partial charge in [-0.25, -0.2) is 0 Å². The number of non-ortho nitro benzene ring substituents is 1. The van der Waals surface area contributed by atoms with E-state index in [0.29, 0.717) is 41.3 Å². The molecule has 1 heterocycles. The molecule has 0 spiro atoms. The summed E-state index contributed by atoms with van der Waals surface area (Å²) in [4.78, 5) is 26.4. The molecular formula is C20H18Cl2N4O3S. The number of rotatable bonds is 4. The first kappa shape index (κ1) is 22.0. The van der Waals surface area contributed by atoms with Crippen molar-refractivity contribution in [2.24, 2.45) is 0 Å². The van der Waals surface area contributed by atoms with E-state index in [-0.39, 0.29) is 11.6 Å². The molecule has 1 amide bonds. The molecule has 30 heavy (non-hydrogen) atoms. The van der Waals surface area contributed by atoms with E-state index in [2.05, 4.69) is 5.32 Å². The first-order valence-corrected chi connectivity index (χ1v) is 10.2. The Labute approximate surface area is 189 Å². The SMILES string of the molecule is O=C(C=Cc1ccc(Cl)cc1)NC(=S)N1CCN(c2ccc([N+](=O)[O-])cc2Cl)CC1. The average molecular weight is 465 g/mol. The molecule has 2 aromatic carbocycles. The van der Waals surface area contributed by atoms with Crippen LogP contribution in [0.3, 0.4) is 0 Å². The molecule has 10 heteroatoms. The van der Waals surface area contributed by atoms with Crippen LogP contribution in [0, 0.1) is 10.1 Å². The van der Waals surface area contributed by atoms with Crippen LogP contribution in [0.25, 0.3) is 6.08 Å². The molecular weight excluding hydrogens is 447 g/mol. The van der Waals surface area contributed by atoms with E-state index in [1.807, 2.05) is 21.9 Å². The van der Waals surface area contributed by atoms with Crippen LogP contribution in [0.4, 0.5) is 11.4 Å². The Morgan fingerprint density at radius 2 is 1.77 bits per heavy atom. The Balaban J connectivity index is 1.52. The number of piperazine rings is 1. The fourth-order valence-electron chi connectivity index (χ4n) is 2.99. The van der Waals surface area contributed by atoms with Gasteiger partial charge in [0.05, 0.1) is 15.6 Å². The number of anilines is 1. The minimum atomic E-state index is -0.476. The highest BCUT2D eigenvalue weighted by Gasteiger charge is 2.22. The van der Waals surface area contributed by atoms with Crippen molar-refractivity contribution in [1.29, 1.82) is 0 Å². The standard InChI is InChI=1S/C20H18Cl2N4O3S/c21-15-4-1-14(2-5-15)3-8-19(27)23-20(30)25-11-9-24(10-12-25)18-7-6-16(26(28)29)13-17(18)22/h1-8,13H,9-12H2,(H,23,27,30). The molecule has 156 valence electrons. The van der Waals surface area contributed by atoms with E-state index in [9.17, 15) is 14.9 Å². The van der Waals surface area contributed by atoms with Crippen molar-refractivity contribution in [1.82, 2.24) is 10.2 Å². The van der Waals surface area contributed by atoms with Crippen LogP contribution in [0.15, 0.2) is 48.5 Å². The second-order valence-corrected chi connectivity index (χ2v) is 7.78. The normalized spacial score (nSPS) is 14.1. The van der Waals surface area contributed by atoms with Crippen LogP contribution in [-0.4, -0.2) is 47.0 Å². The predicted octanol–water partition coefficient (Wildman–Crippen LogP) is 4.14. The van der Waals surface area contributed by atoms with Gasteiger partial charge in [0, 0.05) is 49.4 Å². The molecule has 0 aromatic heterocycles. The number of benzene rings is 2. The summed E-state index contributed by atoms with van der Waals surface area (Å²) in [5.41, 5.74) is 1.55. The molecule has 0 saturated carbocycles. The van der Waals surface area contributed by atoms with Crippen molar-refractivity contribution in [3.63, 3.8) is 0 Å². The third-order valence-corrected chi connectivity index (χ3v) is 5.49. The lowest BCUT2D eigenvalue weighted by molar-refractivity contribution is -0.384. The van der Waals surface area contributed by atoms with E-state index in [0.717, 1.165) is 11.3 Å². The molecule has 0 bridgehead atoms. The number of amides is 1. The molecule has 2 aromatic rings. The van der Waals surface area contributed by atoms with E-state index < -0.39 is 4.92 Å². The lowest BCUT2D eigenvalue weighted by atomic mass is 10.2. The highest BCUT2D eigenvalue weighted by atomic mass is 35.5. The van der Waals surface area contributed by atoms with Gasteiger partial charge >= 0.3 is 0 Å². The highest BCUT2D eigenvalue weighted by Crippen LogP contribution is 2.30. The van der Waals surface area contributed by atoms with Gasteiger partial charge in [0.2, 0.25) is 5.91 Å². The fraction of sp³-hybridized carbons (Fsp3) is 0.200. The number of hydrogen-bond donors (Lipinski definition) is 1. The minimum absolute atomic E-state index is 0.0436. The smallest absolute Gasteiger partial charge is 0.271 e. The van der Waals surface area contributed by atoms with Crippen molar-refractivity contribution in [2.45, 2.75) is 0 Å². The Hall–Kier alpha value is -2.68. The lowest BCUT2D eigenvalue weighted by Gasteiger charge is -2.37. The average Bonchev–Trinajstić information content (AvgIpc) is 2.73. The van der Waals surface area contributed by atoms with Gasteiger partial charge in [-0.2, -0.15) is 0 Å². The molecule has 1 aliphatic heterocycles. The number of nitrogens with zero attached hydrogens (tertiary/aromatic N) is 3. The van der Waals surface area contributed by atoms with Crippen molar-refractivity contribution in [2.75, 3.05) is 31.1 Å². The quantitative estimate of drug-likeness (QED) is 0.317. The third kappa shape index (κ3) is 5.69. The van der Waals surface area contributed by atoms with Gasteiger partial charge in [0.15, 0.2) is 5.11 Å². The predicted molar refractivity (Wildman–Crippen MR) is 123 cm³/mol. The van der Waals surface area contributed by atoms with Gasteiger partial charge < -0.3 is 9.80 Å². The van der Waals surface area contributed by atoms with Crippen LogP contribution < -0.4 is 10.2 Å². The number of nitrogens with one attached hydrogen (secondary N) is 1. The van der Waals surface area contributed by atoms with Gasteiger partial charge in [-0.15, -0.1) is 0 Å². The van der Waals surface area contributed by atoms with Gasteiger partial charge in [-0.1, -0.05) is 35.3 Å². The molecule has 0 atom stereocenters. The van der Waals surface area contributed by atoms with Crippen molar-refractivity contribution < 1.29 is 9.72 Å². The summed E-state index contributed by atoms with van der Waals surface area (Å²) < 4.78 is 0. The number of carbonyl (C=O) groups excluding carboxylic acids is 1. The van der Waals surface area contributed by atoms with Gasteiger partial charge in [0.1, 0.15) is 0 Å². The summed E-state index contributed by atoms with van der Waals surface area (Å²) in [5.74, 6) is -0.309. The van der Waals surface area contributed by atoms with Crippen LogP contribution >= 0.6 is 35.4 Å². The zero-order valence-electron chi connectivity index (χ0n) is 15.8. The summed E-state index contributed by atoms with van der Waals surface area (Å²) in [7, 11) is 0. The Morgan fingerprint density at radius 3 is 2.37 bits per heavy atom. The molecule has 0 aliphatic carbocycles. The van der Waals surface area contributed by atoms with E-state index in [1.54, 1.807) is 24.3 Å². The van der Waals surface area contributed by atoms with Gasteiger partial charge in [0.25, 0.3) is 5.69 Å². The molecule has 0 radical (unpaired) electrons. The first-order chi connectivity index (χ1) is 14.3. The van der Waals surface area contributed by atoms with E-state index in [1.165, 1.54) is 18.2 Å². The molecule has 1 saturated heterocycles. The van der Waals surface area contributed by atoms with E-state index in [4.69, 9.17) is 35.4 Å². The monoisotopic (exact) mass is 464 g/mol. The number of halogens is 2. The largest absolute Gasteiger partial charge is 0.367 e. The second kappa shape index (κ2) is 9.88. The number of nitro groups is 1. The lowest BCUT2D eigenvalue weighted by Crippen LogP contribution is -2.52. The first-order valence-electron chi connectivity index (χ1n) is 9.06. The molecule has 1 fully saturated rings. The third-order valence-electron chi connectivity index (χ3n) is 4.58.